The maximum Gasteiger partial charge on any atom is 0.494 e. The minimum atomic E-state index is -0.338. The highest BCUT2D eigenvalue weighted by Crippen LogP contribution is 2.36. The van der Waals surface area contributed by atoms with Gasteiger partial charge < -0.3 is 19.1 Å². The van der Waals surface area contributed by atoms with E-state index in [2.05, 4.69) is 99.8 Å². The van der Waals surface area contributed by atoms with Gasteiger partial charge in [0.25, 0.3) is 0 Å². The van der Waals surface area contributed by atoms with Crippen LogP contribution in [-0.2, 0) is 15.9 Å². The van der Waals surface area contributed by atoms with E-state index in [1.54, 1.807) is 10.9 Å². The van der Waals surface area contributed by atoms with Gasteiger partial charge in [-0.05, 0) is 75.0 Å². The second-order valence-corrected chi connectivity index (χ2v) is 12.7. The normalized spacial score (nSPS) is 19.3. The van der Waals surface area contributed by atoms with Gasteiger partial charge in [-0.25, -0.2) is 14.0 Å². The van der Waals surface area contributed by atoms with Crippen LogP contribution in [0.1, 0.15) is 48.5 Å². The van der Waals surface area contributed by atoms with Gasteiger partial charge in [-0.3, -0.25) is 0 Å². The maximum absolute atomic E-state index is 12.8. The van der Waals surface area contributed by atoms with E-state index in [1.807, 2.05) is 12.1 Å². The quantitative estimate of drug-likeness (QED) is 0.481. The van der Waals surface area contributed by atoms with Gasteiger partial charge in [-0.15, -0.1) is 0 Å². The lowest BCUT2D eigenvalue weighted by Gasteiger charge is -2.37. The standard InChI is InChI=1S/C29H40BN5O3/c1-27(2,3)20-35-26(36)34(21-31-35)25-14-12-24(13-15-25)33-18-16-32(17-19-33)23-10-8-22(9-11-23)30-37-28(4,5)29(6,7)38-30/h8-15,21H,16-20H2,1-7H3. The monoisotopic (exact) mass is 517 g/mol. The summed E-state index contributed by atoms with van der Waals surface area (Å²) in [5.41, 5.74) is 3.47. The Balaban J connectivity index is 1.19. The molecule has 38 heavy (non-hydrogen) atoms. The Morgan fingerprint density at radius 3 is 1.71 bits per heavy atom. The van der Waals surface area contributed by atoms with Gasteiger partial charge in [0.1, 0.15) is 6.33 Å². The molecule has 5 rings (SSSR count). The molecule has 202 valence electrons. The molecule has 0 saturated carbocycles. The molecule has 2 saturated heterocycles. The van der Waals surface area contributed by atoms with E-state index in [0.29, 0.717) is 6.54 Å². The Bertz CT molecular complexity index is 1300. The van der Waals surface area contributed by atoms with Gasteiger partial charge in [-0.1, -0.05) is 32.9 Å². The molecule has 3 heterocycles. The molecule has 9 heteroatoms. The first-order valence-corrected chi connectivity index (χ1v) is 13.5. The fourth-order valence-corrected chi connectivity index (χ4v) is 4.94. The second-order valence-electron chi connectivity index (χ2n) is 12.7. The van der Waals surface area contributed by atoms with Crippen molar-refractivity contribution in [2.45, 2.75) is 66.2 Å². The van der Waals surface area contributed by atoms with Gasteiger partial charge in [-0.2, -0.15) is 5.10 Å². The first kappa shape index (κ1) is 26.6. The topological polar surface area (TPSA) is 64.8 Å². The summed E-state index contributed by atoms with van der Waals surface area (Å²) in [6, 6.07) is 16.8. The summed E-state index contributed by atoms with van der Waals surface area (Å²) >= 11 is 0. The molecule has 8 nitrogen and oxygen atoms in total. The third kappa shape index (κ3) is 5.27. The first-order chi connectivity index (χ1) is 17.8. The van der Waals surface area contributed by atoms with Crippen LogP contribution >= 0.6 is 0 Å². The van der Waals surface area contributed by atoms with Crippen molar-refractivity contribution in [1.82, 2.24) is 14.3 Å². The molecule has 2 aromatic carbocycles. The van der Waals surface area contributed by atoms with Gasteiger partial charge in [0.2, 0.25) is 0 Å². The lowest BCUT2D eigenvalue weighted by Crippen LogP contribution is -2.46. The van der Waals surface area contributed by atoms with Crippen LogP contribution in [0.25, 0.3) is 5.69 Å². The molecule has 1 aromatic heterocycles. The Morgan fingerprint density at radius 1 is 0.789 bits per heavy atom. The van der Waals surface area contributed by atoms with Crippen molar-refractivity contribution in [2.24, 2.45) is 5.41 Å². The summed E-state index contributed by atoms with van der Waals surface area (Å²) in [6.07, 6.45) is 1.61. The molecule has 0 amide bonds. The SMILES string of the molecule is CC(C)(C)Cn1ncn(-c2ccc(N3CCN(c4ccc(B5OC(C)(C)C(C)(C)O5)cc4)CC3)cc2)c1=O. The molecule has 0 spiro atoms. The molecule has 3 aromatic rings. The highest BCUT2D eigenvalue weighted by molar-refractivity contribution is 6.62. The van der Waals surface area contributed by atoms with Crippen LogP contribution in [0.15, 0.2) is 59.7 Å². The number of anilines is 2. The highest BCUT2D eigenvalue weighted by Gasteiger charge is 2.51. The number of hydrogen-bond acceptors (Lipinski definition) is 6. The largest absolute Gasteiger partial charge is 0.494 e. The van der Waals surface area contributed by atoms with Crippen LogP contribution in [0.4, 0.5) is 11.4 Å². The second kappa shape index (κ2) is 9.61. The molecule has 0 bridgehead atoms. The Labute approximate surface area is 226 Å². The maximum atomic E-state index is 12.8. The van der Waals surface area contributed by atoms with E-state index >= 15 is 0 Å². The van der Waals surface area contributed by atoms with Crippen molar-refractivity contribution in [3.8, 4) is 5.69 Å². The van der Waals surface area contributed by atoms with E-state index in [4.69, 9.17) is 9.31 Å². The molecule has 0 atom stereocenters. The molecule has 2 aliphatic heterocycles. The summed E-state index contributed by atoms with van der Waals surface area (Å²) in [4.78, 5) is 17.6. The predicted octanol–water partition coefficient (Wildman–Crippen LogP) is 3.71. The lowest BCUT2D eigenvalue weighted by atomic mass is 9.79. The zero-order valence-electron chi connectivity index (χ0n) is 23.8. The van der Waals surface area contributed by atoms with E-state index < -0.39 is 0 Å². The zero-order chi connectivity index (χ0) is 27.3. The van der Waals surface area contributed by atoms with Crippen molar-refractivity contribution in [2.75, 3.05) is 36.0 Å². The molecule has 0 N–H and O–H groups in total. The minimum Gasteiger partial charge on any atom is -0.399 e. The fraction of sp³-hybridized carbons (Fsp3) is 0.517. The molecular weight excluding hydrogens is 477 g/mol. The van der Waals surface area contributed by atoms with Crippen molar-refractivity contribution in [3.63, 3.8) is 0 Å². The summed E-state index contributed by atoms with van der Waals surface area (Å²) in [7, 11) is -0.336. The van der Waals surface area contributed by atoms with E-state index in [0.717, 1.165) is 37.3 Å². The number of benzene rings is 2. The first-order valence-electron chi connectivity index (χ1n) is 13.5. The number of piperazine rings is 1. The highest BCUT2D eigenvalue weighted by atomic mass is 16.7. The summed E-state index contributed by atoms with van der Waals surface area (Å²) in [6.45, 7) is 19.0. The third-order valence-corrected chi connectivity index (χ3v) is 7.91. The van der Waals surface area contributed by atoms with Gasteiger partial charge in [0.15, 0.2) is 0 Å². The molecule has 2 fully saturated rings. The van der Waals surface area contributed by atoms with Crippen molar-refractivity contribution < 1.29 is 9.31 Å². The van der Waals surface area contributed by atoms with Crippen LogP contribution in [0.3, 0.4) is 0 Å². The average Bonchev–Trinajstić information content (AvgIpc) is 3.32. The fourth-order valence-electron chi connectivity index (χ4n) is 4.94. The smallest absolute Gasteiger partial charge is 0.399 e. The van der Waals surface area contributed by atoms with Crippen LogP contribution in [-0.4, -0.2) is 58.8 Å². The summed E-state index contributed by atoms with van der Waals surface area (Å²) in [5, 5.41) is 4.30. The molecular formula is C29H40BN5O3. The Morgan fingerprint density at radius 2 is 1.24 bits per heavy atom. The predicted molar refractivity (Wildman–Crippen MR) is 154 cm³/mol. The van der Waals surface area contributed by atoms with Crippen molar-refractivity contribution in [3.05, 3.63) is 65.3 Å². The number of hydrogen-bond donors (Lipinski definition) is 0. The van der Waals surface area contributed by atoms with Crippen LogP contribution < -0.4 is 21.0 Å². The summed E-state index contributed by atoms with van der Waals surface area (Å²) in [5.74, 6) is 0. The number of nitrogens with zero attached hydrogens (tertiary/aromatic N) is 5. The van der Waals surface area contributed by atoms with E-state index in [-0.39, 0.29) is 29.4 Å². The summed E-state index contributed by atoms with van der Waals surface area (Å²) < 4.78 is 15.5. The number of aromatic nitrogens is 3. The Hall–Kier alpha value is -3.04. The third-order valence-electron chi connectivity index (χ3n) is 7.91. The molecule has 0 aliphatic carbocycles. The van der Waals surface area contributed by atoms with E-state index in [1.165, 1.54) is 16.1 Å². The van der Waals surface area contributed by atoms with Crippen molar-refractivity contribution in [1.29, 1.82) is 0 Å². The van der Waals surface area contributed by atoms with Gasteiger partial charge >= 0.3 is 12.8 Å². The van der Waals surface area contributed by atoms with Gasteiger partial charge in [0, 0.05) is 37.6 Å². The zero-order valence-corrected chi connectivity index (χ0v) is 23.8. The molecule has 0 radical (unpaired) electrons. The van der Waals surface area contributed by atoms with Crippen LogP contribution in [0.2, 0.25) is 0 Å². The Kier molecular flexibility index (Phi) is 6.72. The van der Waals surface area contributed by atoms with E-state index in [9.17, 15) is 4.79 Å². The number of rotatable bonds is 5. The minimum absolute atomic E-state index is 0.00968. The average molecular weight is 517 g/mol. The molecule has 0 unspecified atom stereocenters. The van der Waals surface area contributed by atoms with Crippen molar-refractivity contribution >= 4 is 24.0 Å². The molecule has 2 aliphatic rings. The van der Waals surface area contributed by atoms with Crippen LogP contribution in [0.5, 0.6) is 0 Å². The lowest BCUT2D eigenvalue weighted by molar-refractivity contribution is 0.00578. The van der Waals surface area contributed by atoms with Gasteiger partial charge in [0.05, 0.1) is 23.4 Å². The van der Waals surface area contributed by atoms with Crippen LogP contribution in [0, 0.1) is 5.41 Å².